The predicted octanol–water partition coefficient (Wildman–Crippen LogP) is 0.288. The molecule has 0 heterocycles. The first-order chi connectivity index (χ1) is 3.85. The van der Waals surface area contributed by atoms with Gasteiger partial charge in [-0.3, -0.25) is 5.26 Å². The Morgan fingerprint density at radius 3 is 2.62 bits per heavy atom. The van der Waals surface area contributed by atoms with Gasteiger partial charge in [-0.05, 0) is 0 Å². The molecule has 0 aliphatic heterocycles. The molecule has 0 atom stereocenters. The molecule has 0 bridgehead atoms. The number of nitrogens with two attached hydrogens (primary N) is 1. The monoisotopic (exact) mass is 121 g/mol. The van der Waals surface area contributed by atoms with Crippen molar-refractivity contribution in [3.8, 4) is 0 Å². The highest BCUT2D eigenvalue weighted by molar-refractivity contribution is 4.98. The predicted molar refractivity (Wildman–Crippen MR) is 26.8 cm³/mol. The van der Waals surface area contributed by atoms with Gasteiger partial charge in [-0.15, -0.1) is 0 Å². The van der Waals surface area contributed by atoms with Crippen molar-refractivity contribution >= 4 is 0 Å². The smallest absolute Gasteiger partial charge is 0.107 e. The average Bonchev–Trinajstić information content (AvgIpc) is 1.83. The fourth-order valence-electron chi connectivity index (χ4n) is 0.218. The minimum Gasteiger partial charge on any atom is -0.327 e. The molecular formula is C4H8FNO2. The fourth-order valence-corrected chi connectivity index (χ4v) is 0.218. The molecule has 0 aromatic carbocycles. The lowest BCUT2D eigenvalue weighted by molar-refractivity contribution is -0.234. The third kappa shape index (κ3) is 2.68. The summed E-state index contributed by atoms with van der Waals surface area (Å²) in [6, 6.07) is 0. The topological polar surface area (TPSA) is 55.5 Å². The third-order valence-corrected chi connectivity index (χ3v) is 0.666. The molecule has 0 fully saturated rings. The largest absolute Gasteiger partial charge is 0.327 e. The van der Waals surface area contributed by atoms with E-state index < -0.39 is 0 Å². The van der Waals surface area contributed by atoms with Gasteiger partial charge in [0.1, 0.15) is 6.61 Å². The Labute approximate surface area is 46.5 Å². The van der Waals surface area contributed by atoms with Crippen LogP contribution in [0, 0.1) is 0 Å². The Bertz CT molecular complexity index is 84.1. The summed E-state index contributed by atoms with van der Waals surface area (Å²) in [5.41, 5.74) is 5.20. The van der Waals surface area contributed by atoms with Crippen LogP contribution in [0.25, 0.3) is 0 Å². The van der Waals surface area contributed by atoms with Crippen molar-refractivity contribution in [2.24, 2.45) is 5.73 Å². The first-order valence-electron chi connectivity index (χ1n) is 2.09. The number of hydrogen-bond acceptors (Lipinski definition) is 3. The Morgan fingerprint density at radius 1 is 1.88 bits per heavy atom. The lowest BCUT2D eigenvalue weighted by atomic mass is 10.3. The van der Waals surface area contributed by atoms with E-state index in [9.17, 15) is 4.39 Å². The maximum Gasteiger partial charge on any atom is 0.107 e. The van der Waals surface area contributed by atoms with Gasteiger partial charge in [0.15, 0.2) is 0 Å². The van der Waals surface area contributed by atoms with Gasteiger partial charge in [0.2, 0.25) is 0 Å². The fraction of sp³-hybridized carbons (Fsp3) is 0.500. The molecule has 48 valence electrons. The maximum atomic E-state index is 11.4. The normalized spacial score (nSPS) is 12.1. The summed E-state index contributed by atoms with van der Waals surface area (Å²) in [4.78, 5) is 3.60. The third-order valence-electron chi connectivity index (χ3n) is 0.666. The SMILES string of the molecule is NC/C(=C\F)COO. The first kappa shape index (κ1) is 7.55. The summed E-state index contributed by atoms with van der Waals surface area (Å²) in [7, 11) is 0. The number of rotatable bonds is 3. The van der Waals surface area contributed by atoms with Crippen LogP contribution in [0.3, 0.4) is 0 Å². The van der Waals surface area contributed by atoms with Crippen molar-refractivity contribution in [2.75, 3.05) is 13.2 Å². The van der Waals surface area contributed by atoms with Crippen molar-refractivity contribution in [3.05, 3.63) is 11.9 Å². The van der Waals surface area contributed by atoms with Crippen molar-refractivity contribution in [2.45, 2.75) is 0 Å². The van der Waals surface area contributed by atoms with E-state index in [2.05, 4.69) is 4.89 Å². The van der Waals surface area contributed by atoms with Crippen LogP contribution in [0.15, 0.2) is 11.9 Å². The first-order valence-corrected chi connectivity index (χ1v) is 2.09. The summed E-state index contributed by atoms with van der Waals surface area (Å²) < 4.78 is 11.4. The number of halogens is 1. The van der Waals surface area contributed by atoms with E-state index >= 15 is 0 Å². The van der Waals surface area contributed by atoms with E-state index in [0.29, 0.717) is 6.33 Å². The van der Waals surface area contributed by atoms with E-state index in [1.54, 1.807) is 0 Å². The second kappa shape index (κ2) is 4.70. The molecule has 3 nitrogen and oxygen atoms in total. The molecule has 8 heavy (non-hydrogen) atoms. The Kier molecular flexibility index (Phi) is 4.44. The minimum atomic E-state index is -0.160. The van der Waals surface area contributed by atoms with Gasteiger partial charge in [-0.1, -0.05) is 0 Å². The summed E-state index contributed by atoms with van der Waals surface area (Å²) in [6.07, 6.45) is 0.316. The molecule has 0 aliphatic rings. The van der Waals surface area contributed by atoms with Gasteiger partial charge in [-0.2, -0.15) is 0 Å². The van der Waals surface area contributed by atoms with Crippen LogP contribution in [0.4, 0.5) is 4.39 Å². The van der Waals surface area contributed by atoms with E-state index in [4.69, 9.17) is 11.0 Å². The van der Waals surface area contributed by atoms with Gasteiger partial charge in [0.25, 0.3) is 0 Å². The van der Waals surface area contributed by atoms with Crippen LogP contribution in [0.1, 0.15) is 0 Å². The molecular weight excluding hydrogens is 113 g/mol. The summed E-state index contributed by atoms with van der Waals surface area (Å²) in [5, 5.41) is 7.74. The molecule has 0 aliphatic carbocycles. The van der Waals surface area contributed by atoms with Crippen LogP contribution < -0.4 is 5.73 Å². The molecule has 0 spiro atoms. The standard InChI is InChI=1S/C4H8FNO2/c5-1-4(2-6)3-8-7/h1,7H,2-3,6H2/b4-1+. The van der Waals surface area contributed by atoms with Crippen LogP contribution in [-0.4, -0.2) is 18.4 Å². The molecule has 0 saturated heterocycles. The molecule has 3 N–H and O–H groups in total. The van der Waals surface area contributed by atoms with Crippen LogP contribution in [0.5, 0.6) is 0 Å². The molecule has 0 radical (unpaired) electrons. The van der Waals surface area contributed by atoms with E-state index in [1.807, 2.05) is 0 Å². The van der Waals surface area contributed by atoms with E-state index in [0.717, 1.165) is 0 Å². The maximum absolute atomic E-state index is 11.4. The van der Waals surface area contributed by atoms with Gasteiger partial charge in [-0.25, -0.2) is 9.28 Å². The van der Waals surface area contributed by atoms with Crippen molar-refractivity contribution in [1.82, 2.24) is 0 Å². The molecule has 0 aromatic heterocycles. The summed E-state index contributed by atoms with van der Waals surface area (Å²) in [5.74, 6) is 0. The Hall–Kier alpha value is -0.450. The summed E-state index contributed by atoms with van der Waals surface area (Å²) >= 11 is 0. The second-order valence-electron chi connectivity index (χ2n) is 1.24. The average molecular weight is 121 g/mol. The summed E-state index contributed by atoms with van der Waals surface area (Å²) in [6.45, 7) is -0.0932. The molecule has 0 rings (SSSR count). The van der Waals surface area contributed by atoms with Crippen molar-refractivity contribution < 1.29 is 14.5 Å². The molecule has 0 amide bonds. The van der Waals surface area contributed by atoms with Gasteiger partial charge < -0.3 is 5.73 Å². The van der Waals surface area contributed by atoms with Gasteiger partial charge in [0, 0.05) is 12.1 Å². The Morgan fingerprint density at radius 2 is 2.50 bits per heavy atom. The second-order valence-corrected chi connectivity index (χ2v) is 1.24. The van der Waals surface area contributed by atoms with Crippen molar-refractivity contribution in [1.29, 1.82) is 0 Å². The molecule has 0 aromatic rings. The van der Waals surface area contributed by atoms with E-state index in [1.165, 1.54) is 0 Å². The lowest BCUT2D eigenvalue weighted by Gasteiger charge is -1.95. The highest BCUT2D eigenvalue weighted by Crippen LogP contribution is 1.90. The zero-order valence-corrected chi connectivity index (χ0v) is 4.30. The van der Waals surface area contributed by atoms with Crippen LogP contribution in [0.2, 0.25) is 0 Å². The highest BCUT2D eigenvalue weighted by Gasteiger charge is 1.91. The van der Waals surface area contributed by atoms with E-state index in [-0.39, 0.29) is 18.7 Å². The van der Waals surface area contributed by atoms with Crippen LogP contribution >= 0.6 is 0 Å². The Balaban J connectivity index is 3.38. The van der Waals surface area contributed by atoms with Gasteiger partial charge >= 0.3 is 0 Å². The zero-order valence-electron chi connectivity index (χ0n) is 4.30. The quantitative estimate of drug-likeness (QED) is 0.416. The van der Waals surface area contributed by atoms with Crippen molar-refractivity contribution in [3.63, 3.8) is 0 Å². The zero-order chi connectivity index (χ0) is 6.41. The van der Waals surface area contributed by atoms with Crippen LogP contribution in [-0.2, 0) is 4.89 Å². The minimum absolute atomic E-state index is 0.0665. The highest BCUT2D eigenvalue weighted by atomic mass is 19.1. The number of hydrogen-bond donors (Lipinski definition) is 2. The molecule has 0 saturated carbocycles. The van der Waals surface area contributed by atoms with Gasteiger partial charge in [0.05, 0.1) is 6.33 Å². The molecule has 4 heteroatoms. The lowest BCUT2D eigenvalue weighted by Crippen LogP contribution is -2.07. The molecule has 0 unspecified atom stereocenters.